The molecule has 0 bridgehead atoms. The average Bonchev–Trinajstić information content (AvgIpc) is 2.97. The van der Waals surface area contributed by atoms with Crippen LogP contribution in [-0.2, 0) is 16.4 Å². The van der Waals surface area contributed by atoms with E-state index >= 15 is 0 Å². The Morgan fingerprint density at radius 2 is 1.91 bits per heavy atom. The fourth-order valence-electron chi connectivity index (χ4n) is 2.08. The largest absolute Gasteiger partial charge is 0.280 e. The Morgan fingerprint density at radius 1 is 1.23 bits per heavy atom. The Hall–Kier alpha value is -1.82. The lowest BCUT2D eigenvalue weighted by atomic mass is 10.1. The van der Waals surface area contributed by atoms with E-state index in [1.807, 2.05) is 26.0 Å². The smallest absolute Gasteiger partial charge is 0.265 e. The van der Waals surface area contributed by atoms with Crippen LogP contribution >= 0.6 is 0 Å². The predicted molar refractivity (Wildman–Crippen MR) is 88.5 cm³/mol. The first-order valence-electron chi connectivity index (χ1n) is 7.58. The Labute approximate surface area is 132 Å². The van der Waals surface area contributed by atoms with E-state index in [1.54, 1.807) is 23.0 Å². The number of aryl methyl sites for hydroxylation is 1. The maximum Gasteiger partial charge on any atom is 0.265 e. The van der Waals surface area contributed by atoms with Gasteiger partial charge in [0.05, 0.1) is 6.20 Å². The van der Waals surface area contributed by atoms with Gasteiger partial charge in [0.25, 0.3) is 10.0 Å². The molecular weight excluding hydrogens is 298 g/mol. The minimum atomic E-state index is -3.59. The second kappa shape index (κ2) is 6.96. The third-order valence-corrected chi connectivity index (χ3v) is 4.78. The quantitative estimate of drug-likeness (QED) is 0.847. The Kier molecular flexibility index (Phi) is 5.24. The van der Waals surface area contributed by atoms with Crippen LogP contribution in [0.5, 0.6) is 0 Å². The summed E-state index contributed by atoms with van der Waals surface area (Å²) in [5.74, 6) is 0. The van der Waals surface area contributed by atoms with Crippen molar-refractivity contribution in [3.8, 4) is 0 Å². The van der Waals surface area contributed by atoms with Gasteiger partial charge >= 0.3 is 0 Å². The topological polar surface area (TPSA) is 64.0 Å². The molecule has 0 saturated carbocycles. The Morgan fingerprint density at radius 3 is 2.45 bits per heavy atom. The highest BCUT2D eigenvalue weighted by atomic mass is 32.2. The van der Waals surface area contributed by atoms with Gasteiger partial charge in [-0.3, -0.25) is 9.40 Å². The summed E-state index contributed by atoms with van der Waals surface area (Å²) in [6.07, 6.45) is 6.22. The van der Waals surface area contributed by atoms with E-state index in [-0.39, 0.29) is 10.9 Å². The number of nitrogens with zero attached hydrogens (tertiary/aromatic N) is 2. The van der Waals surface area contributed by atoms with Crippen molar-refractivity contribution in [3.63, 3.8) is 0 Å². The molecular formula is C16H23N3O2S. The molecule has 0 amide bonds. The van der Waals surface area contributed by atoms with Crippen molar-refractivity contribution in [2.75, 3.05) is 4.72 Å². The second-order valence-corrected chi connectivity index (χ2v) is 7.34. The monoisotopic (exact) mass is 321 g/mol. The molecule has 0 spiro atoms. The van der Waals surface area contributed by atoms with Crippen molar-refractivity contribution in [1.82, 2.24) is 9.78 Å². The zero-order valence-corrected chi connectivity index (χ0v) is 14.1. The van der Waals surface area contributed by atoms with E-state index < -0.39 is 10.0 Å². The van der Waals surface area contributed by atoms with Crippen LogP contribution < -0.4 is 4.72 Å². The number of aromatic nitrogens is 2. The molecule has 2 rings (SSSR count). The van der Waals surface area contributed by atoms with Crippen LogP contribution in [0.2, 0.25) is 0 Å². The van der Waals surface area contributed by atoms with Gasteiger partial charge in [0.1, 0.15) is 4.90 Å². The fraction of sp³-hybridized carbons (Fsp3) is 0.438. The molecule has 2 aromatic rings. The summed E-state index contributed by atoms with van der Waals surface area (Å²) in [6, 6.07) is 7.66. The summed E-state index contributed by atoms with van der Waals surface area (Å²) in [7, 11) is -3.59. The molecule has 0 atom stereocenters. The van der Waals surface area contributed by atoms with Gasteiger partial charge in [0, 0.05) is 17.9 Å². The maximum atomic E-state index is 12.3. The van der Waals surface area contributed by atoms with Crippen molar-refractivity contribution >= 4 is 15.7 Å². The minimum Gasteiger partial charge on any atom is -0.280 e. The van der Waals surface area contributed by atoms with Crippen molar-refractivity contribution in [2.45, 2.75) is 51.0 Å². The van der Waals surface area contributed by atoms with E-state index in [1.165, 1.54) is 11.8 Å². The molecule has 120 valence electrons. The van der Waals surface area contributed by atoms with Crippen LogP contribution in [0.1, 0.15) is 45.2 Å². The molecule has 1 N–H and O–H groups in total. The lowest BCUT2D eigenvalue weighted by molar-refractivity contribution is 0.531. The summed E-state index contributed by atoms with van der Waals surface area (Å²) in [5, 5.41) is 4.07. The summed E-state index contributed by atoms with van der Waals surface area (Å²) >= 11 is 0. The number of benzene rings is 1. The fourth-order valence-corrected chi connectivity index (χ4v) is 3.07. The Balaban J connectivity index is 2.10. The van der Waals surface area contributed by atoms with Gasteiger partial charge in [0.2, 0.25) is 0 Å². The van der Waals surface area contributed by atoms with E-state index in [2.05, 4.69) is 16.7 Å². The highest BCUT2D eigenvalue weighted by molar-refractivity contribution is 7.92. The average molecular weight is 321 g/mol. The van der Waals surface area contributed by atoms with Crippen LogP contribution in [0.25, 0.3) is 0 Å². The van der Waals surface area contributed by atoms with Gasteiger partial charge < -0.3 is 0 Å². The van der Waals surface area contributed by atoms with Crippen molar-refractivity contribution in [3.05, 3.63) is 42.2 Å². The molecule has 0 aliphatic heterocycles. The standard InChI is InChI=1S/C16H23N3O2S/c1-4-5-6-14-7-9-15(10-8-14)18-22(20,21)16-11-17-19(12-16)13(2)3/h7-13,18H,4-6H2,1-3H3. The van der Waals surface area contributed by atoms with E-state index in [9.17, 15) is 8.42 Å². The summed E-state index contributed by atoms with van der Waals surface area (Å²) in [5.41, 5.74) is 1.79. The number of hydrogen-bond acceptors (Lipinski definition) is 3. The zero-order valence-electron chi connectivity index (χ0n) is 13.3. The number of anilines is 1. The van der Waals surface area contributed by atoms with Crippen LogP contribution in [-0.4, -0.2) is 18.2 Å². The number of rotatable bonds is 7. The van der Waals surface area contributed by atoms with E-state index in [0.29, 0.717) is 5.69 Å². The third kappa shape index (κ3) is 4.10. The summed E-state index contributed by atoms with van der Waals surface area (Å²) in [4.78, 5) is 0.177. The molecule has 0 fully saturated rings. The molecule has 0 aliphatic carbocycles. The first kappa shape index (κ1) is 16.5. The maximum absolute atomic E-state index is 12.3. The van der Waals surface area contributed by atoms with Crippen molar-refractivity contribution in [1.29, 1.82) is 0 Å². The number of hydrogen-bond donors (Lipinski definition) is 1. The lowest BCUT2D eigenvalue weighted by Crippen LogP contribution is -2.12. The molecule has 1 heterocycles. The molecule has 5 nitrogen and oxygen atoms in total. The first-order valence-corrected chi connectivity index (χ1v) is 9.06. The van der Waals surface area contributed by atoms with Crippen LogP contribution in [0.15, 0.2) is 41.6 Å². The molecule has 0 unspecified atom stereocenters. The number of unbranched alkanes of at least 4 members (excludes halogenated alkanes) is 1. The van der Waals surface area contributed by atoms with Gasteiger partial charge in [-0.25, -0.2) is 8.42 Å². The van der Waals surface area contributed by atoms with Gasteiger partial charge in [0.15, 0.2) is 0 Å². The highest BCUT2D eigenvalue weighted by Gasteiger charge is 2.17. The lowest BCUT2D eigenvalue weighted by Gasteiger charge is -2.07. The molecule has 1 aromatic carbocycles. The van der Waals surface area contributed by atoms with E-state index in [4.69, 9.17) is 0 Å². The molecule has 6 heteroatoms. The van der Waals surface area contributed by atoms with Gasteiger partial charge in [-0.1, -0.05) is 25.5 Å². The molecule has 1 aromatic heterocycles. The predicted octanol–water partition coefficient (Wildman–Crippen LogP) is 3.61. The highest BCUT2D eigenvalue weighted by Crippen LogP contribution is 2.18. The van der Waals surface area contributed by atoms with Gasteiger partial charge in [-0.2, -0.15) is 5.10 Å². The van der Waals surface area contributed by atoms with Crippen molar-refractivity contribution in [2.24, 2.45) is 0 Å². The first-order chi connectivity index (χ1) is 10.4. The molecule has 0 saturated heterocycles. The van der Waals surface area contributed by atoms with Crippen LogP contribution in [0, 0.1) is 0 Å². The molecule has 22 heavy (non-hydrogen) atoms. The third-order valence-electron chi connectivity index (χ3n) is 3.44. The molecule has 0 aliphatic rings. The summed E-state index contributed by atoms with van der Waals surface area (Å²) < 4.78 is 28.9. The normalized spacial score (nSPS) is 11.8. The minimum absolute atomic E-state index is 0.127. The van der Waals surface area contributed by atoms with Gasteiger partial charge in [-0.15, -0.1) is 0 Å². The van der Waals surface area contributed by atoms with Crippen molar-refractivity contribution < 1.29 is 8.42 Å². The zero-order chi connectivity index (χ0) is 16.2. The number of sulfonamides is 1. The molecule has 0 radical (unpaired) electrons. The Bertz CT molecular complexity index is 703. The second-order valence-electron chi connectivity index (χ2n) is 5.66. The van der Waals surface area contributed by atoms with Gasteiger partial charge in [-0.05, 0) is 44.4 Å². The summed E-state index contributed by atoms with van der Waals surface area (Å²) in [6.45, 7) is 6.05. The number of nitrogens with one attached hydrogen (secondary N) is 1. The van der Waals surface area contributed by atoms with Crippen LogP contribution in [0.3, 0.4) is 0 Å². The SMILES string of the molecule is CCCCc1ccc(NS(=O)(=O)c2cnn(C(C)C)c2)cc1. The van der Waals surface area contributed by atoms with Crippen LogP contribution in [0.4, 0.5) is 5.69 Å². The van der Waals surface area contributed by atoms with E-state index in [0.717, 1.165) is 19.3 Å².